The van der Waals surface area contributed by atoms with Gasteiger partial charge >= 0.3 is 5.97 Å². The highest BCUT2D eigenvalue weighted by molar-refractivity contribution is 6.32. The molecule has 3 heteroatoms. The molecule has 0 bridgehead atoms. The Morgan fingerprint density at radius 1 is 1.00 bits per heavy atom. The lowest BCUT2D eigenvalue weighted by Gasteiger charge is -2.09. The summed E-state index contributed by atoms with van der Waals surface area (Å²) in [7, 11) is 0. The molecule has 0 saturated heterocycles. The van der Waals surface area contributed by atoms with Crippen molar-refractivity contribution in [1.29, 1.82) is 0 Å². The second-order valence-electron chi connectivity index (χ2n) is 4.58. The van der Waals surface area contributed by atoms with Gasteiger partial charge in [-0.3, -0.25) is 0 Å². The summed E-state index contributed by atoms with van der Waals surface area (Å²) >= 11 is 6.09. The van der Waals surface area contributed by atoms with E-state index in [1.165, 1.54) is 0 Å². The monoisotopic (exact) mass is 274 g/mol. The number of carbonyl (C=O) groups excluding carboxylic acids is 1. The van der Waals surface area contributed by atoms with Gasteiger partial charge in [-0.2, -0.15) is 0 Å². The Morgan fingerprint density at radius 3 is 2.16 bits per heavy atom. The van der Waals surface area contributed by atoms with Gasteiger partial charge in [-0.1, -0.05) is 29.8 Å². The van der Waals surface area contributed by atoms with Crippen LogP contribution in [0.5, 0.6) is 5.75 Å². The summed E-state index contributed by atoms with van der Waals surface area (Å²) in [5.74, 6) is 0.173. The van der Waals surface area contributed by atoms with Crippen LogP contribution in [0, 0.1) is 20.8 Å². The molecule has 2 aromatic rings. The van der Waals surface area contributed by atoms with E-state index < -0.39 is 0 Å². The Bertz CT molecular complexity index is 609. The summed E-state index contributed by atoms with van der Waals surface area (Å²) in [6.45, 7) is 5.66. The van der Waals surface area contributed by atoms with Gasteiger partial charge < -0.3 is 4.74 Å². The lowest BCUT2D eigenvalue weighted by Crippen LogP contribution is -2.10. The standard InChI is InChI=1S/C16H15ClO2/c1-10-6-4-5-7-14(10)16(18)19-13-8-11(2)15(17)12(3)9-13/h4-9H,1-3H3. The molecule has 0 aromatic heterocycles. The highest BCUT2D eigenvalue weighted by Gasteiger charge is 2.12. The molecule has 2 nitrogen and oxygen atoms in total. The second kappa shape index (κ2) is 5.45. The van der Waals surface area contributed by atoms with Gasteiger partial charge in [0.05, 0.1) is 5.56 Å². The van der Waals surface area contributed by atoms with Crippen LogP contribution in [-0.2, 0) is 0 Å². The van der Waals surface area contributed by atoms with Crippen molar-refractivity contribution in [2.45, 2.75) is 20.8 Å². The van der Waals surface area contributed by atoms with Crippen molar-refractivity contribution < 1.29 is 9.53 Å². The minimum absolute atomic E-state index is 0.348. The molecule has 2 aromatic carbocycles. The van der Waals surface area contributed by atoms with Crippen LogP contribution in [0.4, 0.5) is 0 Å². The Kier molecular flexibility index (Phi) is 3.91. The van der Waals surface area contributed by atoms with Crippen molar-refractivity contribution in [3.63, 3.8) is 0 Å². The maximum absolute atomic E-state index is 12.1. The predicted molar refractivity (Wildman–Crippen MR) is 77.1 cm³/mol. The number of halogens is 1. The highest BCUT2D eigenvalue weighted by Crippen LogP contribution is 2.26. The SMILES string of the molecule is Cc1ccccc1C(=O)Oc1cc(C)c(Cl)c(C)c1. The van der Waals surface area contributed by atoms with Gasteiger partial charge in [0.25, 0.3) is 0 Å². The van der Waals surface area contributed by atoms with E-state index in [4.69, 9.17) is 16.3 Å². The van der Waals surface area contributed by atoms with Crippen LogP contribution in [0.25, 0.3) is 0 Å². The quantitative estimate of drug-likeness (QED) is 0.596. The lowest BCUT2D eigenvalue weighted by atomic mass is 10.1. The van der Waals surface area contributed by atoms with Crippen LogP contribution in [0.2, 0.25) is 5.02 Å². The smallest absolute Gasteiger partial charge is 0.343 e. The predicted octanol–water partition coefficient (Wildman–Crippen LogP) is 4.48. The molecule has 0 aliphatic carbocycles. The van der Waals surface area contributed by atoms with Crippen molar-refractivity contribution in [3.05, 3.63) is 63.7 Å². The van der Waals surface area contributed by atoms with Crippen LogP contribution < -0.4 is 4.74 Å². The molecule has 0 saturated carbocycles. The molecule has 0 amide bonds. The summed E-state index contributed by atoms with van der Waals surface area (Å²) < 4.78 is 5.40. The van der Waals surface area contributed by atoms with Crippen molar-refractivity contribution in [2.75, 3.05) is 0 Å². The third kappa shape index (κ3) is 2.96. The first-order chi connectivity index (χ1) is 8.99. The van der Waals surface area contributed by atoms with Gasteiger partial charge in [-0.25, -0.2) is 4.79 Å². The fourth-order valence-electron chi connectivity index (χ4n) is 1.93. The van der Waals surface area contributed by atoms with Crippen LogP contribution in [0.15, 0.2) is 36.4 Å². The average Bonchev–Trinajstić information content (AvgIpc) is 2.36. The molecule has 98 valence electrons. The largest absolute Gasteiger partial charge is 0.423 e. The zero-order valence-electron chi connectivity index (χ0n) is 11.2. The third-order valence-corrected chi connectivity index (χ3v) is 3.58. The van der Waals surface area contributed by atoms with Crippen molar-refractivity contribution in [2.24, 2.45) is 0 Å². The van der Waals surface area contributed by atoms with Crippen LogP contribution in [0.3, 0.4) is 0 Å². The minimum Gasteiger partial charge on any atom is -0.423 e. The second-order valence-corrected chi connectivity index (χ2v) is 4.95. The lowest BCUT2D eigenvalue weighted by molar-refractivity contribution is 0.0734. The number of aryl methyl sites for hydroxylation is 3. The van der Waals surface area contributed by atoms with Crippen LogP contribution in [0.1, 0.15) is 27.0 Å². The number of ether oxygens (including phenoxy) is 1. The zero-order valence-corrected chi connectivity index (χ0v) is 11.9. The molecule has 0 atom stereocenters. The van der Waals surface area contributed by atoms with Gasteiger partial charge in [0, 0.05) is 5.02 Å². The van der Waals surface area contributed by atoms with E-state index in [-0.39, 0.29) is 5.97 Å². The topological polar surface area (TPSA) is 26.3 Å². The fourth-order valence-corrected chi connectivity index (χ4v) is 2.04. The van der Waals surface area contributed by atoms with Gasteiger partial charge in [0.15, 0.2) is 0 Å². The molecule has 0 aliphatic rings. The molecule has 0 spiro atoms. The molecular weight excluding hydrogens is 260 g/mol. The minimum atomic E-state index is -0.348. The van der Waals surface area contributed by atoms with Crippen molar-refractivity contribution in [3.8, 4) is 5.75 Å². The molecule has 2 rings (SSSR count). The number of hydrogen-bond acceptors (Lipinski definition) is 2. The van der Waals surface area contributed by atoms with Crippen LogP contribution in [-0.4, -0.2) is 5.97 Å². The van der Waals surface area contributed by atoms with E-state index in [9.17, 15) is 4.79 Å². The first-order valence-corrected chi connectivity index (χ1v) is 6.41. The van der Waals surface area contributed by atoms with Crippen molar-refractivity contribution >= 4 is 17.6 Å². The van der Waals surface area contributed by atoms with E-state index in [2.05, 4.69) is 0 Å². The average molecular weight is 275 g/mol. The summed E-state index contributed by atoms with van der Waals surface area (Å²) in [4.78, 5) is 12.1. The molecular formula is C16H15ClO2. The number of benzene rings is 2. The highest BCUT2D eigenvalue weighted by atomic mass is 35.5. The number of carbonyl (C=O) groups is 1. The first kappa shape index (κ1) is 13.6. The maximum Gasteiger partial charge on any atom is 0.343 e. The molecule has 0 unspecified atom stereocenters. The Balaban J connectivity index is 2.27. The maximum atomic E-state index is 12.1. The summed E-state index contributed by atoms with van der Waals surface area (Å²) in [6, 6.07) is 10.9. The number of esters is 1. The molecule has 0 aliphatic heterocycles. The van der Waals surface area contributed by atoms with E-state index in [1.807, 2.05) is 39.0 Å². The van der Waals surface area contributed by atoms with Crippen LogP contribution >= 0.6 is 11.6 Å². The first-order valence-electron chi connectivity index (χ1n) is 6.03. The van der Waals surface area contributed by atoms with Gasteiger partial charge in [0.1, 0.15) is 5.75 Å². The Morgan fingerprint density at radius 2 is 1.58 bits per heavy atom. The summed E-state index contributed by atoms with van der Waals surface area (Å²) in [5.41, 5.74) is 3.27. The van der Waals surface area contributed by atoms with E-state index in [0.29, 0.717) is 16.3 Å². The summed E-state index contributed by atoms with van der Waals surface area (Å²) in [6.07, 6.45) is 0. The van der Waals surface area contributed by atoms with Crippen molar-refractivity contribution in [1.82, 2.24) is 0 Å². The summed E-state index contributed by atoms with van der Waals surface area (Å²) in [5, 5.41) is 0.704. The normalized spacial score (nSPS) is 10.3. The van der Waals surface area contributed by atoms with Gasteiger partial charge in [-0.05, 0) is 55.7 Å². The number of rotatable bonds is 2. The van der Waals surface area contributed by atoms with Gasteiger partial charge in [-0.15, -0.1) is 0 Å². The number of hydrogen-bond donors (Lipinski definition) is 0. The van der Waals surface area contributed by atoms with Gasteiger partial charge in [0.2, 0.25) is 0 Å². The Hall–Kier alpha value is -1.80. The zero-order chi connectivity index (χ0) is 14.0. The molecule has 0 fully saturated rings. The molecule has 19 heavy (non-hydrogen) atoms. The molecule has 0 radical (unpaired) electrons. The van der Waals surface area contributed by atoms with E-state index in [0.717, 1.165) is 16.7 Å². The van der Waals surface area contributed by atoms with E-state index >= 15 is 0 Å². The Labute approximate surface area is 118 Å². The van der Waals surface area contributed by atoms with E-state index in [1.54, 1.807) is 18.2 Å². The molecule has 0 N–H and O–H groups in total. The molecule has 0 heterocycles. The third-order valence-electron chi connectivity index (χ3n) is 2.99. The fraction of sp³-hybridized carbons (Fsp3) is 0.188.